The Kier molecular flexibility index (Phi) is 10.6. The number of carboxylic acids is 2. The molecule has 7 rings (SSSR count). The number of benzene rings is 3. The van der Waals surface area contributed by atoms with E-state index in [1.54, 1.807) is 30.4 Å². The fourth-order valence-corrected chi connectivity index (χ4v) is 8.74. The highest BCUT2D eigenvalue weighted by molar-refractivity contribution is 8.00. The molecule has 0 saturated carbocycles. The number of ketones is 1. The molecule has 53 heavy (non-hydrogen) atoms. The summed E-state index contributed by atoms with van der Waals surface area (Å²) in [6.45, 7) is 1.73. The summed E-state index contributed by atoms with van der Waals surface area (Å²) in [6, 6.07) is 18.0. The monoisotopic (exact) mass is 734 g/mol. The molecule has 2 amide bonds. The molecule has 2 fully saturated rings. The van der Waals surface area contributed by atoms with Crippen LogP contribution in [0.2, 0.25) is 0 Å². The molecule has 12 heteroatoms. The average molecular weight is 735 g/mol. The maximum Gasteiger partial charge on any atom is 0.352 e. The Morgan fingerprint density at radius 3 is 2.47 bits per heavy atom. The van der Waals surface area contributed by atoms with E-state index in [-0.39, 0.29) is 28.7 Å². The summed E-state index contributed by atoms with van der Waals surface area (Å²) in [7, 11) is 1.94. The Hall–Kier alpha value is -5.04. The van der Waals surface area contributed by atoms with Crippen molar-refractivity contribution in [3.63, 3.8) is 0 Å². The van der Waals surface area contributed by atoms with E-state index in [1.807, 2.05) is 19.2 Å². The maximum absolute atomic E-state index is 13.3. The largest absolute Gasteiger partial charge is 0.478 e. The first-order valence-electron chi connectivity index (χ1n) is 18.0. The first-order valence-corrected chi connectivity index (χ1v) is 19.0. The van der Waals surface area contributed by atoms with Crippen LogP contribution < -0.4 is 16.0 Å². The molecule has 4 aliphatic rings. The number of rotatable bonds is 12. The van der Waals surface area contributed by atoms with Gasteiger partial charge in [-0.2, -0.15) is 0 Å². The highest BCUT2D eigenvalue weighted by Gasteiger charge is 2.53. The lowest BCUT2D eigenvalue weighted by Crippen LogP contribution is -2.71. The Balaban J connectivity index is 0.940. The van der Waals surface area contributed by atoms with Crippen molar-refractivity contribution < 1.29 is 34.2 Å². The van der Waals surface area contributed by atoms with Gasteiger partial charge >= 0.3 is 11.9 Å². The van der Waals surface area contributed by atoms with Gasteiger partial charge in [-0.25, -0.2) is 9.59 Å². The molecule has 5 N–H and O–H groups in total. The quantitative estimate of drug-likeness (QED) is 0.0957. The van der Waals surface area contributed by atoms with Gasteiger partial charge in [-0.1, -0.05) is 42.0 Å². The lowest BCUT2D eigenvalue weighted by molar-refractivity contribution is -0.155. The Morgan fingerprint density at radius 1 is 0.962 bits per heavy atom. The van der Waals surface area contributed by atoms with Crippen molar-refractivity contribution in [2.75, 3.05) is 19.3 Å². The molecule has 0 bridgehead atoms. The number of fused-ring (bicyclic) bond motifs is 2. The molecule has 3 aromatic rings. The van der Waals surface area contributed by atoms with Crippen molar-refractivity contribution in [1.82, 2.24) is 20.9 Å². The molecule has 0 radical (unpaired) electrons. The number of aliphatic carboxylic acids is 1. The maximum atomic E-state index is 13.3. The minimum atomic E-state index is -1.23. The number of carboxylic acid groups (broad SMARTS) is 2. The normalized spacial score (nSPS) is 23.5. The Bertz CT molecular complexity index is 2090. The Labute approximate surface area is 311 Å². The highest BCUT2D eigenvalue weighted by Crippen LogP contribution is 2.39. The molecule has 11 nitrogen and oxygen atoms in total. The van der Waals surface area contributed by atoms with Gasteiger partial charge in [-0.15, -0.1) is 11.8 Å². The van der Waals surface area contributed by atoms with Gasteiger partial charge in [-0.3, -0.25) is 19.3 Å². The summed E-state index contributed by atoms with van der Waals surface area (Å²) in [6.07, 6.45) is 7.32. The molecular weight excluding hydrogens is 693 g/mol. The van der Waals surface area contributed by atoms with E-state index in [9.17, 15) is 34.2 Å². The van der Waals surface area contributed by atoms with Gasteiger partial charge in [-0.05, 0) is 122 Å². The molecule has 3 aliphatic heterocycles. The molecule has 4 atom stereocenters. The fourth-order valence-electron chi connectivity index (χ4n) is 7.99. The SMILES string of the molecule is CNCc1ccc(C2CC(CC3=CC(=O)/C(=C/C4=C(C(=O)O)N5C(=O)C(NC(=O)CSc6ccc7cc(C(=O)O)ccc7c6)C5CC4)CC3)CN2)cc1. The number of allylic oxidation sites excluding steroid dienone is 5. The van der Waals surface area contributed by atoms with Crippen LogP contribution in [0, 0.1) is 5.92 Å². The second-order valence-corrected chi connectivity index (χ2v) is 15.3. The third-order valence-electron chi connectivity index (χ3n) is 10.7. The summed E-state index contributed by atoms with van der Waals surface area (Å²) in [4.78, 5) is 65.2. The van der Waals surface area contributed by atoms with Crippen molar-refractivity contribution >= 4 is 52.1 Å². The Morgan fingerprint density at radius 2 is 1.74 bits per heavy atom. The zero-order valence-electron chi connectivity index (χ0n) is 29.4. The third kappa shape index (κ3) is 7.85. The number of β-lactam (4-membered cyclic amide) rings is 1. The van der Waals surface area contributed by atoms with Crippen LogP contribution in [0.4, 0.5) is 0 Å². The van der Waals surface area contributed by atoms with Gasteiger partial charge < -0.3 is 26.2 Å². The summed E-state index contributed by atoms with van der Waals surface area (Å²) in [5.74, 6) is -2.69. The molecule has 3 heterocycles. The number of carbonyl (C=O) groups is 5. The summed E-state index contributed by atoms with van der Waals surface area (Å²) >= 11 is 1.29. The van der Waals surface area contributed by atoms with E-state index in [2.05, 4.69) is 40.2 Å². The molecule has 274 valence electrons. The van der Waals surface area contributed by atoms with Crippen molar-refractivity contribution in [1.29, 1.82) is 0 Å². The van der Waals surface area contributed by atoms with E-state index in [0.29, 0.717) is 42.4 Å². The lowest BCUT2D eigenvalue weighted by Gasteiger charge is -2.50. The van der Waals surface area contributed by atoms with Crippen LogP contribution in [-0.4, -0.2) is 76.1 Å². The van der Waals surface area contributed by atoms with Crippen molar-refractivity contribution in [3.8, 4) is 0 Å². The molecule has 4 unspecified atom stereocenters. The second-order valence-electron chi connectivity index (χ2n) is 14.2. The predicted molar refractivity (Wildman–Crippen MR) is 201 cm³/mol. The van der Waals surface area contributed by atoms with Crippen molar-refractivity contribution in [3.05, 3.63) is 112 Å². The van der Waals surface area contributed by atoms with Gasteiger partial charge in [0.25, 0.3) is 5.91 Å². The van der Waals surface area contributed by atoms with Crippen LogP contribution in [0.5, 0.6) is 0 Å². The van der Waals surface area contributed by atoms with E-state index in [0.717, 1.165) is 53.6 Å². The fraction of sp³-hybridized carbons (Fsp3) is 0.341. The van der Waals surface area contributed by atoms with Gasteiger partial charge in [0.15, 0.2) is 5.78 Å². The van der Waals surface area contributed by atoms with Gasteiger partial charge in [0.1, 0.15) is 11.7 Å². The number of nitrogens with zero attached hydrogens (tertiary/aromatic N) is 1. The van der Waals surface area contributed by atoms with Crippen molar-refractivity contribution in [2.24, 2.45) is 5.92 Å². The van der Waals surface area contributed by atoms with E-state index in [1.165, 1.54) is 33.9 Å². The highest BCUT2D eigenvalue weighted by atomic mass is 32.2. The summed E-state index contributed by atoms with van der Waals surface area (Å²) in [5, 5.41) is 30.6. The van der Waals surface area contributed by atoms with Gasteiger partial charge in [0.05, 0.1) is 17.4 Å². The second kappa shape index (κ2) is 15.5. The number of nitrogens with one attached hydrogen (secondary N) is 3. The lowest BCUT2D eigenvalue weighted by atomic mass is 9.81. The van der Waals surface area contributed by atoms with Crippen LogP contribution in [0.1, 0.15) is 66.1 Å². The zero-order chi connectivity index (χ0) is 37.2. The third-order valence-corrected chi connectivity index (χ3v) is 11.7. The van der Waals surface area contributed by atoms with Gasteiger partial charge in [0, 0.05) is 23.1 Å². The summed E-state index contributed by atoms with van der Waals surface area (Å²) < 4.78 is 0. The minimum absolute atomic E-state index is 0.0503. The average Bonchev–Trinajstić information content (AvgIpc) is 3.62. The molecule has 1 aliphatic carbocycles. The molecule has 2 saturated heterocycles. The number of hydrogen-bond donors (Lipinski definition) is 5. The summed E-state index contributed by atoms with van der Waals surface area (Å²) in [5.41, 5.74) is 4.72. The topological polar surface area (TPSA) is 165 Å². The molecule has 0 aromatic heterocycles. The zero-order valence-corrected chi connectivity index (χ0v) is 30.2. The molecular formula is C41H42N4O7S. The first-order chi connectivity index (χ1) is 25.6. The number of amides is 2. The number of thioether (sulfide) groups is 1. The predicted octanol–water partition coefficient (Wildman–Crippen LogP) is 5.13. The molecule has 0 spiro atoms. The minimum Gasteiger partial charge on any atom is -0.478 e. The standard InChI is InChI=1S/C41H42N4O7S/c1-42-20-23-2-5-26(6-3-23)33-15-25(21-43-33)14-24-4-7-29(35(46)16-24)18-30-11-13-34-37(39(48)45(34)38(30)41(51)52)44-36(47)22-53-32-12-10-27-17-31(40(49)50)9-8-28(27)19-32/h2-3,5-6,8-10,12,16-19,25,33-34,37,42-43H,4,7,11,13-15,20-22H2,1H3,(H,44,47)(H,49,50)(H,51,52)/b29-18+. The number of carbonyl (C=O) groups excluding carboxylic acids is 3. The van der Waals surface area contributed by atoms with Crippen LogP contribution in [-0.2, 0) is 25.7 Å². The molecule has 3 aromatic carbocycles. The van der Waals surface area contributed by atoms with E-state index in [4.69, 9.17) is 0 Å². The van der Waals surface area contributed by atoms with E-state index < -0.39 is 29.9 Å². The van der Waals surface area contributed by atoms with Crippen LogP contribution in [0.3, 0.4) is 0 Å². The van der Waals surface area contributed by atoms with Crippen molar-refractivity contribution in [2.45, 2.75) is 68.1 Å². The van der Waals surface area contributed by atoms with Crippen LogP contribution in [0.15, 0.2) is 100 Å². The smallest absolute Gasteiger partial charge is 0.352 e. The number of hydrogen-bond acceptors (Lipinski definition) is 8. The number of aromatic carboxylic acids is 1. The van der Waals surface area contributed by atoms with E-state index >= 15 is 0 Å². The first kappa shape index (κ1) is 36.3. The van der Waals surface area contributed by atoms with Gasteiger partial charge in [0.2, 0.25) is 5.91 Å². The van der Waals surface area contributed by atoms with Crippen LogP contribution in [0.25, 0.3) is 10.8 Å². The van der Waals surface area contributed by atoms with Crippen LogP contribution >= 0.6 is 11.8 Å².